The maximum absolute atomic E-state index is 10.8. The minimum absolute atomic E-state index is 0.0370. The Hall–Kier alpha value is -2.30. The maximum atomic E-state index is 10.8. The highest BCUT2D eigenvalue weighted by molar-refractivity contribution is 5.85. The van der Waals surface area contributed by atoms with Crippen molar-refractivity contribution in [2.24, 2.45) is 0 Å². The molecule has 0 atom stereocenters. The van der Waals surface area contributed by atoms with Crippen LogP contribution in [0.2, 0.25) is 0 Å². The second-order valence-corrected chi connectivity index (χ2v) is 4.05. The van der Waals surface area contributed by atoms with Crippen molar-refractivity contribution >= 4 is 11.8 Å². The van der Waals surface area contributed by atoms with Gasteiger partial charge in [0.25, 0.3) is 0 Å². The van der Waals surface area contributed by atoms with Crippen LogP contribution in [-0.4, -0.2) is 23.1 Å². The Kier molecular flexibility index (Phi) is 3.32. The number of carbonyl (C=O) groups is 1. The van der Waals surface area contributed by atoms with Gasteiger partial charge in [-0.2, -0.15) is 0 Å². The first-order valence-corrected chi connectivity index (χ1v) is 5.53. The lowest BCUT2D eigenvalue weighted by molar-refractivity contribution is 0.0690. The third-order valence-electron chi connectivity index (χ3n) is 2.53. The smallest absolute Gasteiger partial charge is 0.354 e. The van der Waals surface area contributed by atoms with Crippen molar-refractivity contribution in [1.29, 1.82) is 0 Å². The Bertz CT molecular complexity index is 563. The van der Waals surface area contributed by atoms with Crippen molar-refractivity contribution in [2.45, 2.75) is 13.5 Å². The molecule has 0 unspecified atom stereocenters. The van der Waals surface area contributed by atoms with Gasteiger partial charge in [0, 0.05) is 7.05 Å². The Morgan fingerprint density at radius 2 is 2.17 bits per heavy atom. The quantitative estimate of drug-likeness (QED) is 0.896. The normalized spacial score (nSPS) is 10.3. The molecule has 5 heteroatoms. The van der Waals surface area contributed by atoms with E-state index >= 15 is 0 Å². The molecular formula is C13H14N2O3. The lowest BCUT2D eigenvalue weighted by Crippen LogP contribution is -2.18. The molecule has 0 radical (unpaired) electrons. The molecule has 2 aromatic rings. The van der Waals surface area contributed by atoms with Gasteiger partial charge in [-0.3, -0.25) is 0 Å². The van der Waals surface area contributed by atoms with Gasteiger partial charge in [0.2, 0.25) is 0 Å². The van der Waals surface area contributed by atoms with E-state index in [2.05, 4.69) is 4.98 Å². The van der Waals surface area contributed by atoms with E-state index in [9.17, 15) is 4.79 Å². The van der Waals surface area contributed by atoms with Gasteiger partial charge in [0.1, 0.15) is 17.3 Å². The Balaban J connectivity index is 2.15. The molecule has 2 rings (SSSR count). The number of furan rings is 1. The summed E-state index contributed by atoms with van der Waals surface area (Å²) in [6, 6.07) is 8.70. The fourth-order valence-corrected chi connectivity index (χ4v) is 1.64. The summed E-state index contributed by atoms with van der Waals surface area (Å²) in [6.45, 7) is 2.43. The highest BCUT2D eigenvalue weighted by Gasteiger charge is 2.09. The number of aryl methyl sites for hydroxylation is 1. The first kappa shape index (κ1) is 12.2. The van der Waals surface area contributed by atoms with E-state index in [0.717, 1.165) is 11.5 Å². The van der Waals surface area contributed by atoms with E-state index in [1.165, 1.54) is 6.07 Å². The molecule has 0 fully saturated rings. The Morgan fingerprint density at radius 1 is 1.39 bits per heavy atom. The second kappa shape index (κ2) is 4.91. The van der Waals surface area contributed by atoms with E-state index < -0.39 is 5.97 Å². The Morgan fingerprint density at radius 3 is 2.78 bits per heavy atom. The van der Waals surface area contributed by atoms with Gasteiger partial charge in [-0.05, 0) is 31.2 Å². The van der Waals surface area contributed by atoms with Crippen LogP contribution in [0.4, 0.5) is 5.82 Å². The summed E-state index contributed by atoms with van der Waals surface area (Å²) < 4.78 is 5.47. The number of pyridine rings is 1. The van der Waals surface area contributed by atoms with Crippen LogP contribution in [0.5, 0.6) is 0 Å². The number of carboxylic acid groups (broad SMARTS) is 1. The molecule has 0 amide bonds. The van der Waals surface area contributed by atoms with Crippen molar-refractivity contribution in [2.75, 3.05) is 11.9 Å². The monoisotopic (exact) mass is 246 g/mol. The first-order valence-electron chi connectivity index (χ1n) is 5.53. The van der Waals surface area contributed by atoms with E-state index in [-0.39, 0.29) is 5.69 Å². The van der Waals surface area contributed by atoms with Crippen molar-refractivity contribution in [3.63, 3.8) is 0 Å². The van der Waals surface area contributed by atoms with Crippen LogP contribution in [0.25, 0.3) is 0 Å². The van der Waals surface area contributed by atoms with Crippen molar-refractivity contribution in [1.82, 2.24) is 4.98 Å². The number of nitrogens with zero attached hydrogens (tertiary/aromatic N) is 2. The van der Waals surface area contributed by atoms with Crippen molar-refractivity contribution in [3.05, 3.63) is 47.5 Å². The van der Waals surface area contributed by atoms with Crippen LogP contribution in [0.3, 0.4) is 0 Å². The van der Waals surface area contributed by atoms with E-state index in [0.29, 0.717) is 12.4 Å². The molecule has 0 spiro atoms. The maximum Gasteiger partial charge on any atom is 0.354 e. The first-order chi connectivity index (χ1) is 8.56. The summed E-state index contributed by atoms with van der Waals surface area (Å²) >= 11 is 0. The van der Waals surface area contributed by atoms with Gasteiger partial charge >= 0.3 is 5.97 Å². The standard InChI is InChI=1S/C13H14N2O3/c1-9-6-7-10(18-9)8-15(2)12-5-3-4-11(14-12)13(16)17/h3-7H,8H2,1-2H3,(H,16,17). The molecular weight excluding hydrogens is 232 g/mol. The van der Waals surface area contributed by atoms with Crippen molar-refractivity contribution in [3.8, 4) is 0 Å². The lowest BCUT2D eigenvalue weighted by atomic mass is 10.3. The summed E-state index contributed by atoms with van der Waals surface area (Å²) in [6.07, 6.45) is 0. The zero-order valence-corrected chi connectivity index (χ0v) is 10.3. The number of anilines is 1. The van der Waals surface area contributed by atoms with Crippen LogP contribution in [-0.2, 0) is 6.54 Å². The molecule has 18 heavy (non-hydrogen) atoms. The molecule has 5 nitrogen and oxygen atoms in total. The molecule has 0 bridgehead atoms. The molecule has 0 saturated heterocycles. The summed E-state index contributed by atoms with van der Waals surface area (Å²) in [7, 11) is 1.84. The van der Waals surface area contributed by atoms with Crippen molar-refractivity contribution < 1.29 is 14.3 Å². The van der Waals surface area contributed by atoms with E-state index in [4.69, 9.17) is 9.52 Å². The third-order valence-corrected chi connectivity index (χ3v) is 2.53. The van der Waals surface area contributed by atoms with Gasteiger partial charge in [-0.1, -0.05) is 6.07 Å². The summed E-state index contributed by atoms with van der Waals surface area (Å²) in [5.41, 5.74) is 0.0370. The fourth-order valence-electron chi connectivity index (χ4n) is 1.64. The molecule has 1 N–H and O–H groups in total. The van der Waals surface area contributed by atoms with Gasteiger partial charge in [0.15, 0.2) is 5.69 Å². The molecule has 0 aromatic carbocycles. The highest BCUT2D eigenvalue weighted by Crippen LogP contribution is 2.15. The lowest BCUT2D eigenvalue weighted by Gasteiger charge is -2.16. The van der Waals surface area contributed by atoms with Crippen LogP contribution < -0.4 is 4.90 Å². The van der Waals surface area contributed by atoms with Gasteiger partial charge < -0.3 is 14.4 Å². The van der Waals surface area contributed by atoms with Gasteiger partial charge in [0.05, 0.1) is 6.54 Å². The average Bonchev–Trinajstić information content (AvgIpc) is 2.75. The molecule has 2 aromatic heterocycles. The topological polar surface area (TPSA) is 66.6 Å². The van der Waals surface area contributed by atoms with Gasteiger partial charge in [-0.15, -0.1) is 0 Å². The molecule has 94 valence electrons. The van der Waals surface area contributed by atoms with Crippen LogP contribution in [0, 0.1) is 6.92 Å². The molecule has 0 aliphatic heterocycles. The van der Waals surface area contributed by atoms with Gasteiger partial charge in [-0.25, -0.2) is 9.78 Å². The minimum Gasteiger partial charge on any atom is -0.477 e. The minimum atomic E-state index is -1.03. The zero-order chi connectivity index (χ0) is 13.1. The predicted octanol–water partition coefficient (Wildman–Crippen LogP) is 2.32. The highest BCUT2D eigenvalue weighted by atomic mass is 16.4. The van der Waals surface area contributed by atoms with Crippen LogP contribution in [0.15, 0.2) is 34.7 Å². The summed E-state index contributed by atoms with van der Waals surface area (Å²) in [5.74, 6) is 1.24. The van der Waals surface area contributed by atoms with E-state index in [1.54, 1.807) is 12.1 Å². The summed E-state index contributed by atoms with van der Waals surface area (Å²) in [5, 5.41) is 8.88. The predicted molar refractivity (Wildman–Crippen MR) is 66.7 cm³/mol. The number of aromatic nitrogens is 1. The number of aromatic carboxylic acids is 1. The second-order valence-electron chi connectivity index (χ2n) is 4.05. The largest absolute Gasteiger partial charge is 0.477 e. The van der Waals surface area contributed by atoms with E-state index in [1.807, 2.05) is 31.0 Å². The molecule has 0 saturated carbocycles. The van der Waals surface area contributed by atoms with Crippen LogP contribution in [0.1, 0.15) is 22.0 Å². The SMILES string of the molecule is Cc1ccc(CN(C)c2cccc(C(=O)O)n2)o1. The fraction of sp³-hybridized carbons (Fsp3) is 0.231. The van der Waals surface area contributed by atoms with Crippen LogP contribution >= 0.6 is 0 Å². The number of hydrogen-bond donors (Lipinski definition) is 1. The average molecular weight is 246 g/mol. The number of rotatable bonds is 4. The number of carboxylic acids is 1. The molecule has 0 aliphatic carbocycles. The number of hydrogen-bond acceptors (Lipinski definition) is 4. The Labute approximate surface area is 105 Å². The zero-order valence-electron chi connectivity index (χ0n) is 10.3. The summed E-state index contributed by atoms with van der Waals surface area (Å²) in [4.78, 5) is 16.7. The third kappa shape index (κ3) is 2.68. The molecule has 2 heterocycles. The molecule has 0 aliphatic rings.